The van der Waals surface area contributed by atoms with Crippen molar-refractivity contribution >= 4 is 128 Å². The monoisotopic (exact) mass is 262 g/mol. The van der Waals surface area contributed by atoms with Gasteiger partial charge in [0.15, 0.2) is 0 Å². The van der Waals surface area contributed by atoms with Gasteiger partial charge in [-0.1, -0.05) is 28.7 Å². The first kappa shape index (κ1) is 15.6. The largest absolute Gasteiger partial charge is 0.356 e. The minimum atomic E-state index is 0.216. The van der Waals surface area contributed by atoms with Crippen LogP contribution in [-0.4, -0.2) is 67.2 Å². The summed E-state index contributed by atoms with van der Waals surface area (Å²) in [5.41, 5.74) is 4.09. The van der Waals surface area contributed by atoms with Crippen LogP contribution in [0.15, 0.2) is 0 Å². The molecule has 85 valence electrons. The van der Waals surface area contributed by atoms with Crippen LogP contribution in [0.2, 0.25) is 6.82 Å². The van der Waals surface area contributed by atoms with Crippen LogP contribution in [0.4, 0.5) is 0 Å². The predicted molar refractivity (Wildman–Crippen MR) is 105 cm³/mol. The summed E-state index contributed by atoms with van der Waals surface area (Å²) in [7, 11) is 44.2. The number of nitrogens with one attached hydrogen (secondary N) is 1. The standard InChI is InChI=1S/C13H4B8N/c1-21-11-8(18)5(15)3-2-4(14)6(16)7(17)9(19)12(2)22-13(3)10(11)20/h22H,1H3. The second kappa shape index (κ2) is 5.15. The lowest BCUT2D eigenvalue weighted by Gasteiger charge is -2.16. The number of H-pyrrole nitrogens is 1. The third-order valence-corrected chi connectivity index (χ3v) is 4.11. The fourth-order valence-corrected chi connectivity index (χ4v) is 2.87. The summed E-state index contributed by atoms with van der Waals surface area (Å²) in [4.78, 5) is 3.15. The summed E-state index contributed by atoms with van der Waals surface area (Å²) in [6.45, 7) is 1.83. The van der Waals surface area contributed by atoms with Crippen molar-refractivity contribution in [1.29, 1.82) is 0 Å². The molecule has 22 heavy (non-hydrogen) atoms. The van der Waals surface area contributed by atoms with Crippen LogP contribution >= 0.6 is 0 Å². The Hall–Kier alpha value is -1.24. The van der Waals surface area contributed by atoms with Gasteiger partial charge in [-0.25, -0.2) is 0 Å². The van der Waals surface area contributed by atoms with E-state index in [1.807, 2.05) is 6.82 Å². The maximum absolute atomic E-state index is 6.20. The molecule has 0 aliphatic rings. The lowest BCUT2D eigenvalue weighted by atomic mass is 9.57. The molecule has 0 spiro atoms. The van der Waals surface area contributed by atoms with Crippen molar-refractivity contribution in [2.24, 2.45) is 0 Å². The van der Waals surface area contributed by atoms with Crippen molar-refractivity contribution in [3.8, 4) is 0 Å². The Morgan fingerprint density at radius 1 is 0.591 bits per heavy atom. The van der Waals surface area contributed by atoms with Gasteiger partial charge in [0.2, 0.25) is 0 Å². The van der Waals surface area contributed by atoms with Gasteiger partial charge in [0.1, 0.15) is 62.2 Å². The molecule has 0 bridgehead atoms. The maximum atomic E-state index is 6.20. The smallest absolute Gasteiger partial charge is 0.146 e. The summed E-state index contributed by atoms with van der Waals surface area (Å²) in [6.07, 6.45) is 0. The molecule has 9 heteroatoms. The highest BCUT2D eigenvalue weighted by atomic mass is 14.7. The molecule has 1 N–H and O–H groups in total. The van der Waals surface area contributed by atoms with E-state index in [2.05, 4.69) is 4.98 Å². The quantitative estimate of drug-likeness (QED) is 0.420. The van der Waals surface area contributed by atoms with Gasteiger partial charge in [-0.15, -0.1) is 21.9 Å². The molecule has 0 aliphatic carbocycles. The van der Waals surface area contributed by atoms with Gasteiger partial charge < -0.3 is 4.98 Å². The van der Waals surface area contributed by atoms with E-state index in [0.717, 1.165) is 0 Å². The minimum Gasteiger partial charge on any atom is -0.356 e. The van der Waals surface area contributed by atoms with Crippen LogP contribution in [0.3, 0.4) is 0 Å². The van der Waals surface area contributed by atoms with Gasteiger partial charge in [-0.3, -0.25) is 0 Å². The van der Waals surface area contributed by atoms with Crippen LogP contribution in [0.1, 0.15) is 0 Å². The van der Waals surface area contributed by atoms with Gasteiger partial charge in [0.25, 0.3) is 0 Å². The average Bonchev–Trinajstić information content (AvgIpc) is 2.90. The number of hydrogen-bond acceptors (Lipinski definition) is 0. The topological polar surface area (TPSA) is 15.8 Å². The summed E-state index contributed by atoms with van der Waals surface area (Å²) in [6, 6.07) is 0. The summed E-state index contributed by atoms with van der Waals surface area (Å²) in [5.74, 6) is 0. The molecule has 1 heterocycles. The summed E-state index contributed by atoms with van der Waals surface area (Å²) < 4.78 is 0. The third kappa shape index (κ3) is 1.84. The first-order valence-electron chi connectivity index (χ1n) is 6.64. The highest BCUT2D eigenvalue weighted by Gasteiger charge is 2.18. The minimum absolute atomic E-state index is 0.216. The van der Waals surface area contributed by atoms with Gasteiger partial charge in [-0.2, -0.15) is 0 Å². The van der Waals surface area contributed by atoms with Crippen molar-refractivity contribution in [3.05, 3.63) is 0 Å². The van der Waals surface area contributed by atoms with E-state index in [-0.39, 0.29) is 10.9 Å². The molecule has 0 unspecified atom stereocenters. The molecule has 3 aromatic rings. The van der Waals surface area contributed by atoms with Crippen molar-refractivity contribution in [2.45, 2.75) is 6.82 Å². The Bertz CT molecular complexity index is 943. The molecule has 0 amide bonds. The van der Waals surface area contributed by atoms with Crippen molar-refractivity contribution in [3.63, 3.8) is 0 Å². The number of benzene rings is 2. The lowest BCUT2D eigenvalue weighted by Crippen LogP contribution is -2.50. The highest BCUT2D eigenvalue weighted by Crippen LogP contribution is 2.17. The Morgan fingerprint density at radius 2 is 1.05 bits per heavy atom. The summed E-state index contributed by atoms with van der Waals surface area (Å²) in [5, 5.41) is 1.18. The van der Waals surface area contributed by atoms with E-state index < -0.39 is 0 Å². The highest BCUT2D eigenvalue weighted by molar-refractivity contribution is 6.74. The molecule has 0 saturated heterocycles. The zero-order chi connectivity index (χ0) is 16.3. The van der Waals surface area contributed by atoms with Gasteiger partial charge in [0, 0.05) is 11.0 Å². The fourth-order valence-electron chi connectivity index (χ4n) is 2.87. The average molecular weight is 261 g/mol. The molecule has 0 fully saturated rings. The second-order valence-electron chi connectivity index (χ2n) is 5.22. The van der Waals surface area contributed by atoms with Crippen molar-refractivity contribution < 1.29 is 0 Å². The molecular formula is C13H4B8N. The van der Waals surface area contributed by atoms with Crippen LogP contribution in [-0.2, 0) is 0 Å². The van der Waals surface area contributed by atoms with E-state index in [4.69, 9.17) is 54.9 Å². The Labute approximate surface area is 139 Å². The molecule has 1 nitrogen and oxygen atoms in total. The molecule has 3 rings (SSSR count). The molecule has 15 radical (unpaired) electrons. The van der Waals surface area contributed by atoms with Crippen LogP contribution < -0.4 is 43.7 Å². The fraction of sp³-hybridized carbons (Fsp3) is 0.0769. The van der Waals surface area contributed by atoms with E-state index >= 15 is 0 Å². The first-order valence-corrected chi connectivity index (χ1v) is 6.64. The summed E-state index contributed by atoms with van der Waals surface area (Å²) >= 11 is 0. The van der Waals surface area contributed by atoms with Crippen molar-refractivity contribution in [1.82, 2.24) is 4.98 Å². The molecule has 2 aromatic carbocycles. The number of aromatic nitrogens is 1. The van der Waals surface area contributed by atoms with E-state index in [9.17, 15) is 0 Å². The normalized spacial score (nSPS) is 11.3. The van der Waals surface area contributed by atoms with E-state index in [1.165, 1.54) is 0 Å². The number of fused-ring (bicyclic) bond motifs is 3. The first-order chi connectivity index (χ1) is 10.3. The maximum Gasteiger partial charge on any atom is 0.146 e. The zero-order valence-corrected chi connectivity index (χ0v) is 12.1. The van der Waals surface area contributed by atoms with E-state index in [1.54, 1.807) is 7.28 Å². The number of rotatable bonds is 1. The zero-order valence-electron chi connectivity index (χ0n) is 12.1. The second-order valence-corrected chi connectivity index (χ2v) is 5.22. The molecule has 1 aromatic heterocycles. The van der Waals surface area contributed by atoms with Gasteiger partial charge >= 0.3 is 0 Å². The lowest BCUT2D eigenvalue weighted by molar-refractivity contribution is 1.59. The molecule has 0 saturated carbocycles. The predicted octanol–water partition coefficient (Wildman–Crippen LogP) is -5.74. The Kier molecular flexibility index (Phi) is 3.66. The SMILES string of the molecule is [B]c1c([B])c([B])c2c([nH]c3c([B])c([B]C)c([B])c([B])c32)c1[B]. The van der Waals surface area contributed by atoms with Gasteiger partial charge in [-0.05, 0) is 10.8 Å². The Morgan fingerprint density at radius 3 is 1.59 bits per heavy atom. The number of aromatic amines is 1. The third-order valence-electron chi connectivity index (χ3n) is 4.11. The molecule has 0 atom stereocenters. The van der Waals surface area contributed by atoms with Gasteiger partial charge in [0.05, 0.1) is 0 Å². The molecule has 0 aliphatic heterocycles. The van der Waals surface area contributed by atoms with E-state index in [0.29, 0.717) is 54.6 Å². The Balaban J connectivity index is 2.69. The molecular weight excluding hydrogens is 257 g/mol. The number of hydrogen-bond donors (Lipinski definition) is 1. The van der Waals surface area contributed by atoms with Crippen LogP contribution in [0.5, 0.6) is 0 Å². The van der Waals surface area contributed by atoms with Crippen LogP contribution in [0.25, 0.3) is 21.8 Å². The van der Waals surface area contributed by atoms with Crippen LogP contribution in [0, 0.1) is 0 Å². The van der Waals surface area contributed by atoms with Crippen molar-refractivity contribution in [2.75, 3.05) is 0 Å².